The van der Waals surface area contributed by atoms with E-state index in [-0.39, 0.29) is 23.5 Å². The third kappa shape index (κ3) is 4.18. The van der Waals surface area contributed by atoms with Crippen molar-refractivity contribution in [3.8, 4) is 0 Å². The van der Waals surface area contributed by atoms with Crippen molar-refractivity contribution in [2.75, 3.05) is 16.8 Å². The number of aryl methyl sites for hydroxylation is 2. The average Bonchev–Trinajstić information content (AvgIpc) is 3.15. The molecular formula is C22H19F4N5O2. The summed E-state index contributed by atoms with van der Waals surface area (Å²) < 4.78 is 54.2. The molecule has 33 heavy (non-hydrogen) atoms. The van der Waals surface area contributed by atoms with Crippen molar-refractivity contribution in [2.24, 2.45) is 0 Å². The van der Waals surface area contributed by atoms with Gasteiger partial charge in [0.2, 0.25) is 0 Å². The van der Waals surface area contributed by atoms with Gasteiger partial charge in [-0.25, -0.2) is 4.39 Å². The minimum absolute atomic E-state index is 0.00366. The van der Waals surface area contributed by atoms with Crippen molar-refractivity contribution in [1.29, 1.82) is 0 Å². The number of carbonyl (C=O) groups excluding carboxylic acids is 2. The Hall–Kier alpha value is -3.76. The zero-order valence-electron chi connectivity index (χ0n) is 17.9. The van der Waals surface area contributed by atoms with E-state index >= 15 is 0 Å². The number of aromatic nitrogens is 3. The van der Waals surface area contributed by atoms with Crippen molar-refractivity contribution < 1.29 is 27.2 Å². The van der Waals surface area contributed by atoms with E-state index in [0.717, 1.165) is 11.0 Å². The molecule has 1 aromatic carbocycles. The fourth-order valence-corrected chi connectivity index (χ4v) is 3.86. The molecule has 11 heteroatoms. The largest absolute Gasteiger partial charge is 0.419 e. The number of nitrogens with zero attached hydrogens (tertiary/aromatic N) is 4. The van der Waals surface area contributed by atoms with Crippen LogP contribution in [0.2, 0.25) is 0 Å². The first-order chi connectivity index (χ1) is 15.5. The summed E-state index contributed by atoms with van der Waals surface area (Å²) in [4.78, 5) is 31.5. The highest BCUT2D eigenvalue weighted by Crippen LogP contribution is 2.35. The second-order valence-electron chi connectivity index (χ2n) is 7.87. The maximum absolute atomic E-state index is 14.1. The Balaban J connectivity index is 1.67. The number of hydrogen-bond donors (Lipinski definition) is 1. The number of pyridine rings is 1. The molecule has 2 amide bonds. The maximum atomic E-state index is 14.1. The summed E-state index contributed by atoms with van der Waals surface area (Å²) in [6, 6.07) is 5.23. The van der Waals surface area contributed by atoms with Gasteiger partial charge < -0.3 is 10.2 Å². The van der Waals surface area contributed by atoms with Gasteiger partial charge in [-0.15, -0.1) is 0 Å². The van der Waals surface area contributed by atoms with Gasteiger partial charge in [0, 0.05) is 29.3 Å². The van der Waals surface area contributed by atoms with Gasteiger partial charge in [0.25, 0.3) is 11.8 Å². The topological polar surface area (TPSA) is 80.1 Å². The van der Waals surface area contributed by atoms with Crippen LogP contribution in [0.1, 0.15) is 50.8 Å². The summed E-state index contributed by atoms with van der Waals surface area (Å²) in [5, 5.41) is 6.86. The van der Waals surface area contributed by atoms with Gasteiger partial charge >= 0.3 is 6.18 Å². The molecule has 7 nitrogen and oxygen atoms in total. The van der Waals surface area contributed by atoms with Crippen LogP contribution in [0.5, 0.6) is 0 Å². The molecule has 4 rings (SSSR count). The van der Waals surface area contributed by atoms with Crippen LogP contribution in [0.15, 0.2) is 36.5 Å². The number of rotatable bonds is 3. The minimum Gasteiger partial charge on any atom is -0.322 e. The summed E-state index contributed by atoms with van der Waals surface area (Å²) in [5.74, 6) is -2.74. The molecular weight excluding hydrogens is 442 g/mol. The van der Waals surface area contributed by atoms with E-state index in [0.29, 0.717) is 29.2 Å². The molecule has 3 aromatic rings. The normalized spacial score (nSPS) is 16.0. The van der Waals surface area contributed by atoms with E-state index in [1.165, 1.54) is 10.9 Å². The van der Waals surface area contributed by atoms with Gasteiger partial charge in [-0.05, 0) is 51.1 Å². The number of fused-ring (bicyclic) bond motifs is 1. The summed E-state index contributed by atoms with van der Waals surface area (Å²) in [5.41, 5.74) is 0.381. The van der Waals surface area contributed by atoms with E-state index in [1.54, 1.807) is 32.9 Å². The number of amides is 2. The highest BCUT2D eigenvalue weighted by Gasteiger charge is 2.37. The van der Waals surface area contributed by atoms with Gasteiger partial charge in [-0.1, -0.05) is 0 Å². The van der Waals surface area contributed by atoms with Gasteiger partial charge in [0.05, 0.1) is 23.4 Å². The fourth-order valence-electron chi connectivity index (χ4n) is 3.86. The SMILES string of the molecule is Cc1cc(NC(=O)c2cnn3c2C(=O)N(c2ccc(C(F)(F)F)c(F)c2)CC3C)cc(C)n1. The molecule has 0 radical (unpaired) electrons. The van der Waals surface area contributed by atoms with E-state index in [1.807, 2.05) is 0 Å². The molecule has 1 atom stereocenters. The first kappa shape index (κ1) is 22.4. The maximum Gasteiger partial charge on any atom is 0.419 e. The van der Waals surface area contributed by atoms with Gasteiger partial charge in [-0.2, -0.15) is 18.3 Å². The van der Waals surface area contributed by atoms with Crippen LogP contribution in [-0.2, 0) is 6.18 Å². The molecule has 0 saturated carbocycles. The van der Waals surface area contributed by atoms with Gasteiger partial charge in [-0.3, -0.25) is 19.3 Å². The van der Waals surface area contributed by atoms with Crippen LogP contribution in [0.4, 0.5) is 28.9 Å². The number of benzene rings is 1. The highest BCUT2D eigenvalue weighted by atomic mass is 19.4. The molecule has 0 bridgehead atoms. The van der Waals surface area contributed by atoms with Crippen molar-refractivity contribution in [1.82, 2.24) is 14.8 Å². The van der Waals surface area contributed by atoms with Crippen molar-refractivity contribution >= 4 is 23.2 Å². The Labute approximate surface area is 186 Å². The third-order valence-electron chi connectivity index (χ3n) is 5.26. The van der Waals surface area contributed by atoms with Gasteiger partial charge in [0.1, 0.15) is 11.5 Å². The molecule has 0 fully saturated rings. The number of carbonyl (C=O) groups is 2. The number of nitrogens with one attached hydrogen (secondary N) is 1. The molecule has 0 spiro atoms. The predicted molar refractivity (Wildman–Crippen MR) is 112 cm³/mol. The quantitative estimate of drug-likeness (QED) is 0.582. The monoisotopic (exact) mass is 461 g/mol. The molecule has 1 aliphatic heterocycles. The van der Waals surface area contributed by atoms with Crippen LogP contribution >= 0.6 is 0 Å². The molecule has 1 unspecified atom stereocenters. The summed E-state index contributed by atoms with van der Waals surface area (Å²) >= 11 is 0. The van der Waals surface area contributed by atoms with Crippen molar-refractivity contribution in [2.45, 2.75) is 33.0 Å². The predicted octanol–water partition coefficient (Wildman–Crippen LogP) is 4.53. The fraction of sp³-hybridized carbons (Fsp3) is 0.273. The first-order valence-electron chi connectivity index (χ1n) is 9.98. The number of hydrogen-bond acceptors (Lipinski definition) is 4. The Morgan fingerprint density at radius 2 is 1.82 bits per heavy atom. The van der Waals surface area contributed by atoms with Crippen molar-refractivity contribution in [3.63, 3.8) is 0 Å². The van der Waals surface area contributed by atoms with Crippen LogP contribution in [-0.4, -0.2) is 33.1 Å². The minimum atomic E-state index is -4.85. The van der Waals surface area contributed by atoms with Crippen molar-refractivity contribution in [3.05, 3.63) is 70.6 Å². The smallest absolute Gasteiger partial charge is 0.322 e. The van der Waals surface area contributed by atoms with Gasteiger partial charge in [0.15, 0.2) is 0 Å². The van der Waals surface area contributed by atoms with E-state index < -0.39 is 35.4 Å². The Bertz CT molecular complexity index is 1250. The van der Waals surface area contributed by atoms with Crippen LogP contribution < -0.4 is 10.2 Å². The zero-order valence-corrected chi connectivity index (χ0v) is 17.9. The Morgan fingerprint density at radius 3 is 2.42 bits per heavy atom. The Morgan fingerprint density at radius 1 is 1.15 bits per heavy atom. The first-order valence-corrected chi connectivity index (χ1v) is 9.98. The van der Waals surface area contributed by atoms with E-state index in [4.69, 9.17) is 0 Å². The molecule has 2 aromatic heterocycles. The van der Waals surface area contributed by atoms with E-state index in [9.17, 15) is 27.2 Å². The molecule has 0 aliphatic carbocycles. The number of anilines is 2. The molecule has 1 N–H and O–H groups in total. The van der Waals surface area contributed by atoms with Crippen LogP contribution in [0, 0.1) is 19.7 Å². The lowest BCUT2D eigenvalue weighted by molar-refractivity contribution is -0.139. The lowest BCUT2D eigenvalue weighted by Crippen LogP contribution is -2.43. The lowest BCUT2D eigenvalue weighted by atomic mass is 10.1. The highest BCUT2D eigenvalue weighted by molar-refractivity contribution is 6.15. The third-order valence-corrected chi connectivity index (χ3v) is 5.26. The lowest BCUT2D eigenvalue weighted by Gasteiger charge is -2.32. The molecule has 0 saturated heterocycles. The number of alkyl halides is 3. The average molecular weight is 461 g/mol. The molecule has 1 aliphatic rings. The number of halogens is 4. The van der Waals surface area contributed by atoms with Crippen LogP contribution in [0.25, 0.3) is 0 Å². The second kappa shape index (κ2) is 7.98. The molecule has 172 valence electrons. The van der Waals surface area contributed by atoms with Crippen LogP contribution in [0.3, 0.4) is 0 Å². The Kier molecular flexibility index (Phi) is 5.43. The molecule has 3 heterocycles. The standard InChI is InChI=1S/C22H19F4N5O2/c1-11-6-14(7-12(2)28-11)29-20(32)16-9-27-31-13(3)10-30(21(33)19(16)31)15-4-5-17(18(23)8-15)22(24,25)26/h4-9,13H,10H2,1-3H3,(H,28,29,32). The second-order valence-corrected chi connectivity index (χ2v) is 7.87. The van der Waals surface area contributed by atoms with E-state index in [2.05, 4.69) is 15.4 Å². The summed E-state index contributed by atoms with van der Waals surface area (Å²) in [7, 11) is 0. The summed E-state index contributed by atoms with van der Waals surface area (Å²) in [6.45, 7) is 5.32. The summed E-state index contributed by atoms with van der Waals surface area (Å²) in [6.07, 6.45) is -3.59. The zero-order chi connectivity index (χ0) is 24.1.